The van der Waals surface area contributed by atoms with E-state index in [0.717, 1.165) is 24.8 Å². The lowest BCUT2D eigenvalue weighted by Gasteiger charge is -2.37. The lowest BCUT2D eigenvalue weighted by molar-refractivity contribution is -0.131. The van der Waals surface area contributed by atoms with Gasteiger partial charge in [0.15, 0.2) is 0 Å². The first-order chi connectivity index (χ1) is 13.5. The predicted octanol–water partition coefficient (Wildman–Crippen LogP) is 4.98. The minimum Gasteiger partial charge on any atom is -0.427 e. The second-order valence-electron chi connectivity index (χ2n) is 6.99. The summed E-state index contributed by atoms with van der Waals surface area (Å²) in [7, 11) is 0. The number of ether oxygens (including phenoxy) is 1. The Hall–Kier alpha value is -2.84. The van der Waals surface area contributed by atoms with Gasteiger partial charge in [-0.1, -0.05) is 49.1 Å². The van der Waals surface area contributed by atoms with Crippen molar-refractivity contribution >= 4 is 29.2 Å². The number of nitrogens with zero attached hydrogens (tertiary/aromatic N) is 1. The number of hydrogen-bond acceptors (Lipinski definition) is 4. The normalized spacial score (nSPS) is 15.3. The van der Waals surface area contributed by atoms with E-state index in [1.807, 2.05) is 24.3 Å². The first kappa shape index (κ1) is 19.9. The summed E-state index contributed by atoms with van der Waals surface area (Å²) in [6.07, 6.45) is 4.37. The third-order valence-corrected chi connectivity index (χ3v) is 5.48. The van der Waals surface area contributed by atoms with E-state index < -0.39 is 11.4 Å². The molecular weight excluding hydrogens is 376 g/mol. The number of halogens is 1. The molecule has 1 amide bonds. The number of nitrogens with one attached hydrogen (secondary N) is 1. The standard InChI is InChI=1S/C22H21ClN2O3/c1-15(26)28-17-9-10-20(16(13-17)14-24)25-21(27)22(11-5-2-6-12-22)18-7-3-4-8-19(18)23/h3-4,7-10,13H,2,5-6,11-12H2,1H3,(H,25,27). The molecule has 144 valence electrons. The molecule has 1 saturated carbocycles. The van der Waals surface area contributed by atoms with Gasteiger partial charge in [-0.25, -0.2) is 0 Å². The van der Waals surface area contributed by atoms with Gasteiger partial charge in [-0.2, -0.15) is 5.26 Å². The SMILES string of the molecule is CC(=O)Oc1ccc(NC(=O)C2(c3ccccc3Cl)CCCCC2)c(C#N)c1. The summed E-state index contributed by atoms with van der Waals surface area (Å²) in [5, 5.41) is 13.0. The van der Waals surface area contributed by atoms with Gasteiger partial charge in [-0.05, 0) is 36.6 Å². The predicted molar refractivity (Wildman–Crippen MR) is 107 cm³/mol. The van der Waals surface area contributed by atoms with Gasteiger partial charge in [-0.3, -0.25) is 9.59 Å². The number of rotatable bonds is 4. The Morgan fingerprint density at radius 1 is 1.14 bits per heavy atom. The molecule has 0 saturated heterocycles. The number of anilines is 1. The van der Waals surface area contributed by atoms with Crippen molar-refractivity contribution in [3.8, 4) is 11.8 Å². The molecule has 0 aliphatic heterocycles. The number of benzene rings is 2. The molecule has 0 unspecified atom stereocenters. The monoisotopic (exact) mass is 396 g/mol. The van der Waals surface area contributed by atoms with Gasteiger partial charge in [0.25, 0.3) is 0 Å². The summed E-state index contributed by atoms with van der Waals surface area (Å²) < 4.78 is 5.02. The van der Waals surface area contributed by atoms with Crippen LogP contribution >= 0.6 is 11.6 Å². The zero-order valence-electron chi connectivity index (χ0n) is 15.6. The Morgan fingerprint density at radius 3 is 2.50 bits per heavy atom. The number of esters is 1. The van der Waals surface area contributed by atoms with E-state index in [1.54, 1.807) is 18.2 Å². The largest absolute Gasteiger partial charge is 0.427 e. The van der Waals surface area contributed by atoms with Gasteiger partial charge in [0.2, 0.25) is 5.91 Å². The second-order valence-corrected chi connectivity index (χ2v) is 7.40. The maximum absolute atomic E-state index is 13.4. The van der Waals surface area contributed by atoms with Crippen molar-refractivity contribution in [3.05, 3.63) is 58.6 Å². The molecule has 1 N–H and O–H groups in total. The van der Waals surface area contributed by atoms with Gasteiger partial charge in [0.1, 0.15) is 11.8 Å². The van der Waals surface area contributed by atoms with Crippen LogP contribution < -0.4 is 10.1 Å². The molecule has 0 aromatic heterocycles. The van der Waals surface area contributed by atoms with Crippen LogP contribution in [-0.4, -0.2) is 11.9 Å². The maximum atomic E-state index is 13.4. The third-order valence-electron chi connectivity index (χ3n) is 5.15. The van der Waals surface area contributed by atoms with Crippen LogP contribution in [-0.2, 0) is 15.0 Å². The maximum Gasteiger partial charge on any atom is 0.308 e. The van der Waals surface area contributed by atoms with Crippen LogP contribution in [0.15, 0.2) is 42.5 Å². The topological polar surface area (TPSA) is 79.2 Å². The Labute approximate surface area is 169 Å². The average Bonchev–Trinajstić information content (AvgIpc) is 2.69. The fraction of sp³-hybridized carbons (Fsp3) is 0.318. The number of hydrogen-bond donors (Lipinski definition) is 1. The molecule has 0 radical (unpaired) electrons. The van der Waals surface area contributed by atoms with Gasteiger partial charge in [0, 0.05) is 18.0 Å². The van der Waals surface area contributed by atoms with Crippen LogP contribution in [0.25, 0.3) is 0 Å². The number of amides is 1. The van der Waals surface area contributed by atoms with Gasteiger partial charge < -0.3 is 10.1 Å². The number of carbonyl (C=O) groups excluding carboxylic acids is 2. The van der Waals surface area contributed by atoms with Gasteiger partial charge in [-0.15, -0.1) is 0 Å². The molecule has 0 atom stereocenters. The third kappa shape index (κ3) is 4.02. The van der Waals surface area contributed by atoms with Crippen molar-refractivity contribution in [3.63, 3.8) is 0 Å². The fourth-order valence-electron chi connectivity index (χ4n) is 3.82. The van der Waals surface area contributed by atoms with Crippen molar-refractivity contribution in [2.45, 2.75) is 44.4 Å². The van der Waals surface area contributed by atoms with Crippen LogP contribution in [0.4, 0.5) is 5.69 Å². The highest BCUT2D eigenvalue weighted by molar-refractivity contribution is 6.31. The van der Waals surface area contributed by atoms with E-state index in [-0.39, 0.29) is 17.2 Å². The molecule has 1 aliphatic rings. The van der Waals surface area contributed by atoms with E-state index >= 15 is 0 Å². The number of nitriles is 1. The van der Waals surface area contributed by atoms with Crippen molar-refractivity contribution < 1.29 is 14.3 Å². The quantitative estimate of drug-likeness (QED) is 0.584. The van der Waals surface area contributed by atoms with E-state index in [9.17, 15) is 14.9 Å². The van der Waals surface area contributed by atoms with Crippen molar-refractivity contribution in [2.24, 2.45) is 0 Å². The zero-order valence-corrected chi connectivity index (χ0v) is 16.4. The summed E-state index contributed by atoms with van der Waals surface area (Å²) in [6.45, 7) is 1.29. The summed E-state index contributed by atoms with van der Waals surface area (Å²) >= 11 is 6.44. The highest BCUT2D eigenvalue weighted by atomic mass is 35.5. The van der Waals surface area contributed by atoms with Crippen molar-refractivity contribution in [1.29, 1.82) is 5.26 Å². The molecule has 6 heteroatoms. The first-order valence-electron chi connectivity index (χ1n) is 9.25. The van der Waals surface area contributed by atoms with Crippen molar-refractivity contribution in [2.75, 3.05) is 5.32 Å². The van der Waals surface area contributed by atoms with E-state index in [0.29, 0.717) is 23.6 Å². The highest BCUT2D eigenvalue weighted by Crippen LogP contribution is 2.43. The summed E-state index contributed by atoms with van der Waals surface area (Å²) in [5.41, 5.74) is 0.722. The molecule has 3 rings (SSSR count). The molecular formula is C22H21ClN2O3. The van der Waals surface area contributed by atoms with Crippen LogP contribution in [0.5, 0.6) is 5.75 Å². The fourth-order valence-corrected chi connectivity index (χ4v) is 4.14. The molecule has 1 aliphatic carbocycles. The van der Waals surface area contributed by atoms with Crippen LogP contribution in [0.3, 0.4) is 0 Å². The minimum absolute atomic E-state index is 0.169. The Bertz CT molecular complexity index is 943. The highest BCUT2D eigenvalue weighted by Gasteiger charge is 2.42. The molecule has 2 aromatic rings. The zero-order chi connectivity index (χ0) is 20.1. The van der Waals surface area contributed by atoms with E-state index in [2.05, 4.69) is 5.32 Å². The average molecular weight is 397 g/mol. The minimum atomic E-state index is -0.724. The molecule has 0 heterocycles. The molecule has 28 heavy (non-hydrogen) atoms. The van der Waals surface area contributed by atoms with Crippen LogP contribution in [0.1, 0.15) is 50.2 Å². The second kappa shape index (κ2) is 8.45. The summed E-state index contributed by atoms with van der Waals surface area (Å²) in [4.78, 5) is 24.5. The van der Waals surface area contributed by atoms with E-state index in [4.69, 9.17) is 16.3 Å². The Kier molecular flexibility index (Phi) is 6.01. The van der Waals surface area contributed by atoms with Gasteiger partial charge in [0.05, 0.1) is 16.7 Å². The molecule has 0 spiro atoms. The number of carbonyl (C=O) groups is 2. The lowest BCUT2D eigenvalue weighted by Crippen LogP contribution is -2.42. The smallest absolute Gasteiger partial charge is 0.308 e. The van der Waals surface area contributed by atoms with Crippen LogP contribution in [0, 0.1) is 11.3 Å². The van der Waals surface area contributed by atoms with E-state index in [1.165, 1.54) is 13.0 Å². The molecule has 5 nitrogen and oxygen atoms in total. The molecule has 1 fully saturated rings. The Balaban J connectivity index is 1.94. The molecule has 2 aromatic carbocycles. The Morgan fingerprint density at radius 2 is 1.86 bits per heavy atom. The summed E-state index contributed by atoms with van der Waals surface area (Å²) in [5.74, 6) is -0.377. The van der Waals surface area contributed by atoms with Crippen molar-refractivity contribution in [1.82, 2.24) is 0 Å². The first-order valence-corrected chi connectivity index (χ1v) is 9.63. The van der Waals surface area contributed by atoms with Gasteiger partial charge >= 0.3 is 5.97 Å². The lowest BCUT2D eigenvalue weighted by atomic mass is 9.68. The molecule has 0 bridgehead atoms. The summed E-state index contributed by atoms with van der Waals surface area (Å²) in [6, 6.07) is 14.1. The van der Waals surface area contributed by atoms with Crippen LogP contribution in [0.2, 0.25) is 5.02 Å².